The van der Waals surface area contributed by atoms with Crippen LogP contribution in [0.15, 0.2) is 18.2 Å². The molecule has 1 unspecified atom stereocenters. The van der Waals surface area contributed by atoms with E-state index in [2.05, 4.69) is 5.32 Å². The summed E-state index contributed by atoms with van der Waals surface area (Å²) in [5, 5.41) is 4.12. The highest BCUT2D eigenvalue weighted by atomic mass is 16.5. The first-order chi connectivity index (χ1) is 15.4. The first kappa shape index (κ1) is 22.5. The Hall–Kier alpha value is -2.70. The highest BCUT2D eigenvalue weighted by Crippen LogP contribution is 2.40. The van der Waals surface area contributed by atoms with Crippen molar-refractivity contribution in [2.75, 3.05) is 20.8 Å². The highest BCUT2D eigenvalue weighted by Gasteiger charge is 2.48. The van der Waals surface area contributed by atoms with Crippen LogP contribution < -0.4 is 14.8 Å². The molecule has 174 valence electrons. The second-order valence-electron chi connectivity index (χ2n) is 9.24. The fourth-order valence-corrected chi connectivity index (χ4v) is 5.29. The third-order valence-electron chi connectivity index (χ3n) is 7.07. The highest BCUT2D eigenvalue weighted by molar-refractivity contribution is 6.05. The van der Waals surface area contributed by atoms with Gasteiger partial charge in [0.1, 0.15) is 22.7 Å². The summed E-state index contributed by atoms with van der Waals surface area (Å²) < 4.78 is 13.1. The zero-order valence-electron chi connectivity index (χ0n) is 19.7. The maximum absolute atomic E-state index is 13.7. The number of methoxy groups -OCH3 is 2. The van der Waals surface area contributed by atoms with Crippen LogP contribution in [0.3, 0.4) is 0 Å². The molecule has 2 aliphatic rings. The van der Waals surface area contributed by atoms with Gasteiger partial charge in [-0.3, -0.25) is 9.59 Å². The average molecular weight is 442 g/mol. The fourth-order valence-electron chi connectivity index (χ4n) is 5.29. The molecule has 1 fully saturated rings. The van der Waals surface area contributed by atoms with Gasteiger partial charge in [-0.15, -0.1) is 0 Å². The summed E-state index contributed by atoms with van der Waals surface area (Å²) in [6, 6.07) is 5.74. The van der Waals surface area contributed by atoms with Gasteiger partial charge >= 0.3 is 0 Å². The van der Waals surface area contributed by atoms with Crippen LogP contribution in [-0.2, 0) is 11.3 Å². The molecule has 1 saturated carbocycles. The number of carbonyl (C=O) groups is 2. The van der Waals surface area contributed by atoms with Crippen molar-refractivity contribution >= 4 is 22.7 Å². The smallest absolute Gasteiger partial charge is 0.271 e. The van der Waals surface area contributed by atoms with Gasteiger partial charge in [-0.25, -0.2) is 0 Å². The van der Waals surface area contributed by atoms with Crippen molar-refractivity contribution in [3.05, 3.63) is 23.9 Å². The molecule has 7 nitrogen and oxygen atoms in total. The number of hydrogen-bond acceptors (Lipinski definition) is 4. The number of amides is 2. The number of fused-ring (bicyclic) bond motifs is 3. The van der Waals surface area contributed by atoms with E-state index in [4.69, 9.17) is 9.47 Å². The van der Waals surface area contributed by atoms with E-state index in [1.165, 1.54) is 12.8 Å². The van der Waals surface area contributed by atoms with Gasteiger partial charge in [0.15, 0.2) is 0 Å². The molecular formula is C25H35N3O4. The zero-order valence-corrected chi connectivity index (χ0v) is 19.7. The first-order valence-corrected chi connectivity index (χ1v) is 11.8. The molecule has 1 aliphatic heterocycles. The molecule has 1 atom stereocenters. The van der Waals surface area contributed by atoms with Crippen molar-refractivity contribution in [3.63, 3.8) is 0 Å². The molecule has 1 aliphatic carbocycles. The lowest BCUT2D eigenvalue weighted by Crippen LogP contribution is -2.65. The van der Waals surface area contributed by atoms with Crippen molar-refractivity contribution < 1.29 is 19.1 Å². The largest absolute Gasteiger partial charge is 0.496 e. The minimum atomic E-state index is -0.980. The summed E-state index contributed by atoms with van der Waals surface area (Å²) in [4.78, 5) is 29.1. The van der Waals surface area contributed by atoms with E-state index in [1.54, 1.807) is 19.1 Å². The lowest BCUT2D eigenvalue weighted by molar-refractivity contribution is -0.133. The van der Waals surface area contributed by atoms with Gasteiger partial charge in [0, 0.05) is 18.0 Å². The Kier molecular flexibility index (Phi) is 6.35. The third kappa shape index (κ3) is 3.71. The van der Waals surface area contributed by atoms with E-state index in [0.29, 0.717) is 30.3 Å². The van der Waals surface area contributed by atoms with Gasteiger partial charge in [-0.1, -0.05) is 32.6 Å². The summed E-state index contributed by atoms with van der Waals surface area (Å²) >= 11 is 0. The summed E-state index contributed by atoms with van der Waals surface area (Å²) in [6.45, 7) is 4.84. The number of rotatable bonds is 6. The molecule has 0 bridgehead atoms. The monoisotopic (exact) mass is 441 g/mol. The van der Waals surface area contributed by atoms with E-state index in [9.17, 15) is 9.59 Å². The Labute approximate surface area is 190 Å². The van der Waals surface area contributed by atoms with Gasteiger partial charge in [-0.05, 0) is 44.4 Å². The van der Waals surface area contributed by atoms with E-state index in [-0.39, 0.29) is 17.9 Å². The predicted octanol–water partition coefficient (Wildman–Crippen LogP) is 4.12. The molecule has 1 N–H and O–H groups in total. The molecule has 1 aromatic heterocycles. The van der Waals surface area contributed by atoms with Crippen LogP contribution in [0.4, 0.5) is 0 Å². The first-order valence-electron chi connectivity index (χ1n) is 11.8. The van der Waals surface area contributed by atoms with Crippen LogP contribution in [0.25, 0.3) is 10.9 Å². The zero-order chi connectivity index (χ0) is 22.9. The van der Waals surface area contributed by atoms with Crippen LogP contribution >= 0.6 is 0 Å². The standard InChI is InChI=1S/C25H35N3O4/c1-5-14-28-23(29)19-15-18-20(31-3)12-13-21(32-4)22(18)27(19)16-25(28,2)24(30)26-17-10-8-6-7-9-11-17/h12-13,15,17H,5-11,14,16H2,1-4H3,(H,26,30). The lowest BCUT2D eigenvalue weighted by atomic mass is 9.93. The normalized spacial score (nSPS) is 21.9. The maximum atomic E-state index is 13.7. The maximum Gasteiger partial charge on any atom is 0.271 e. The molecule has 0 radical (unpaired) electrons. The third-order valence-corrected chi connectivity index (χ3v) is 7.07. The van der Waals surface area contributed by atoms with Crippen LogP contribution in [0.1, 0.15) is 69.3 Å². The quantitative estimate of drug-likeness (QED) is 0.685. The van der Waals surface area contributed by atoms with Gasteiger partial charge < -0.3 is 24.3 Å². The van der Waals surface area contributed by atoms with Gasteiger partial charge in [0.05, 0.1) is 26.3 Å². The van der Waals surface area contributed by atoms with Crippen molar-refractivity contribution in [1.29, 1.82) is 0 Å². The Morgan fingerprint density at radius 1 is 1.12 bits per heavy atom. The van der Waals surface area contributed by atoms with Crippen molar-refractivity contribution in [1.82, 2.24) is 14.8 Å². The SMILES string of the molecule is CCCN1C(=O)c2cc3c(OC)ccc(OC)c3n2CC1(C)C(=O)NC1CCCCCC1. The van der Waals surface area contributed by atoms with Crippen molar-refractivity contribution in [2.24, 2.45) is 0 Å². The molecule has 4 rings (SSSR count). The molecule has 2 amide bonds. The second kappa shape index (κ2) is 9.04. The van der Waals surface area contributed by atoms with Crippen LogP contribution in [0, 0.1) is 0 Å². The Morgan fingerprint density at radius 3 is 2.41 bits per heavy atom. The minimum Gasteiger partial charge on any atom is -0.496 e. The number of hydrogen-bond donors (Lipinski definition) is 1. The number of nitrogens with zero attached hydrogens (tertiary/aromatic N) is 2. The second-order valence-corrected chi connectivity index (χ2v) is 9.24. The summed E-state index contributed by atoms with van der Waals surface area (Å²) in [5.41, 5.74) is 0.378. The van der Waals surface area contributed by atoms with Crippen LogP contribution in [0.2, 0.25) is 0 Å². The fraction of sp³-hybridized carbons (Fsp3) is 0.600. The number of carbonyl (C=O) groups excluding carboxylic acids is 2. The summed E-state index contributed by atoms with van der Waals surface area (Å²) in [6.07, 6.45) is 7.53. The number of aromatic nitrogens is 1. The van der Waals surface area contributed by atoms with Crippen LogP contribution in [0.5, 0.6) is 11.5 Å². The molecule has 2 heterocycles. The Balaban J connectivity index is 1.78. The number of ether oxygens (including phenoxy) is 2. The molecular weight excluding hydrogens is 406 g/mol. The topological polar surface area (TPSA) is 72.8 Å². The number of benzene rings is 1. The predicted molar refractivity (Wildman–Crippen MR) is 124 cm³/mol. The lowest BCUT2D eigenvalue weighted by Gasteiger charge is -2.44. The molecule has 0 spiro atoms. The molecule has 2 aromatic rings. The van der Waals surface area contributed by atoms with E-state index in [0.717, 1.165) is 43.0 Å². The van der Waals surface area contributed by atoms with E-state index in [1.807, 2.05) is 36.6 Å². The Morgan fingerprint density at radius 2 is 1.78 bits per heavy atom. The van der Waals surface area contributed by atoms with Crippen molar-refractivity contribution in [2.45, 2.75) is 76.9 Å². The molecule has 32 heavy (non-hydrogen) atoms. The van der Waals surface area contributed by atoms with Gasteiger partial charge in [0.2, 0.25) is 5.91 Å². The van der Waals surface area contributed by atoms with Crippen molar-refractivity contribution in [3.8, 4) is 11.5 Å². The van der Waals surface area contributed by atoms with Gasteiger partial charge in [0.25, 0.3) is 5.91 Å². The van der Waals surface area contributed by atoms with E-state index < -0.39 is 5.54 Å². The Bertz CT molecular complexity index is 1010. The van der Waals surface area contributed by atoms with Gasteiger partial charge in [-0.2, -0.15) is 0 Å². The molecule has 0 saturated heterocycles. The number of nitrogens with one attached hydrogen (secondary N) is 1. The molecule has 7 heteroatoms. The average Bonchev–Trinajstić information content (AvgIpc) is 2.98. The van der Waals surface area contributed by atoms with E-state index >= 15 is 0 Å². The summed E-state index contributed by atoms with van der Waals surface area (Å²) in [5.74, 6) is 1.15. The minimum absolute atomic E-state index is 0.0689. The van der Waals surface area contributed by atoms with Crippen LogP contribution in [-0.4, -0.2) is 53.6 Å². The summed E-state index contributed by atoms with van der Waals surface area (Å²) in [7, 11) is 3.24. The molecule has 1 aromatic carbocycles.